The molecule has 4 rings (SSSR count). The fourth-order valence-electron chi connectivity index (χ4n) is 3.74. The van der Waals surface area contributed by atoms with Crippen LogP contribution in [0, 0.1) is 0 Å². The third-order valence-corrected chi connectivity index (χ3v) is 7.37. The minimum absolute atomic E-state index is 0. The number of phosphoric ester groups is 1. The van der Waals surface area contributed by atoms with E-state index in [0.717, 1.165) is 53.9 Å². The molecule has 0 spiro atoms. The molecular weight excluding hydrogens is 430 g/mol. The molecular formula is C22H24NaO5PS. The van der Waals surface area contributed by atoms with Gasteiger partial charge >= 0.3 is 37.4 Å². The van der Waals surface area contributed by atoms with Crippen molar-refractivity contribution >= 4 is 31.4 Å². The molecule has 0 aromatic heterocycles. The van der Waals surface area contributed by atoms with E-state index in [9.17, 15) is 9.46 Å². The number of phosphoric acid groups is 1. The Hall–Kier alpha value is -0.720. The molecule has 1 saturated carbocycles. The average molecular weight is 454 g/mol. The summed E-state index contributed by atoms with van der Waals surface area (Å²) in [6, 6.07) is 13.3. The van der Waals surface area contributed by atoms with E-state index in [1.165, 1.54) is 11.8 Å². The van der Waals surface area contributed by atoms with Gasteiger partial charge in [-0.1, -0.05) is 61.7 Å². The molecule has 0 amide bonds. The Morgan fingerprint density at radius 2 is 1.77 bits per heavy atom. The van der Waals surface area contributed by atoms with Gasteiger partial charge in [0.15, 0.2) is 0 Å². The Bertz CT molecular complexity index is 956. The zero-order valence-corrected chi connectivity index (χ0v) is 21.0. The van der Waals surface area contributed by atoms with Crippen LogP contribution in [0.3, 0.4) is 0 Å². The van der Waals surface area contributed by atoms with E-state index in [1.54, 1.807) is 13.2 Å². The normalized spacial score (nSPS) is 18.4. The smallest absolute Gasteiger partial charge is 0.746 e. The molecule has 5 nitrogen and oxygen atoms in total. The summed E-state index contributed by atoms with van der Waals surface area (Å²) in [5.41, 5.74) is 1.56. The number of rotatable bonds is 5. The molecule has 0 bridgehead atoms. The van der Waals surface area contributed by atoms with Crippen molar-refractivity contribution in [3.63, 3.8) is 0 Å². The molecule has 1 unspecified atom stereocenters. The van der Waals surface area contributed by atoms with Crippen LogP contribution in [0.2, 0.25) is 0 Å². The van der Waals surface area contributed by atoms with Crippen molar-refractivity contribution in [2.24, 2.45) is 0 Å². The Morgan fingerprint density at radius 1 is 1.03 bits per heavy atom. The minimum atomic E-state index is -4.53. The van der Waals surface area contributed by atoms with Crippen molar-refractivity contribution in [1.82, 2.24) is 0 Å². The Balaban J connectivity index is 0.00000256. The maximum atomic E-state index is 12.8. The maximum Gasteiger partial charge on any atom is 1.00 e. The molecule has 2 aliphatic rings. The van der Waals surface area contributed by atoms with Crippen molar-refractivity contribution in [3.05, 3.63) is 53.6 Å². The Morgan fingerprint density at radius 3 is 2.50 bits per heavy atom. The van der Waals surface area contributed by atoms with Crippen molar-refractivity contribution in [2.45, 2.75) is 54.4 Å². The van der Waals surface area contributed by atoms with Crippen LogP contribution in [0.1, 0.15) is 49.7 Å². The molecule has 1 fully saturated rings. The summed E-state index contributed by atoms with van der Waals surface area (Å²) in [7, 11) is -2.93. The summed E-state index contributed by atoms with van der Waals surface area (Å²) >= 11 is 1.53. The van der Waals surface area contributed by atoms with Gasteiger partial charge in [0.1, 0.15) is 11.5 Å². The van der Waals surface area contributed by atoms with Crippen molar-refractivity contribution in [1.29, 1.82) is 0 Å². The van der Waals surface area contributed by atoms with E-state index in [0.29, 0.717) is 11.3 Å². The van der Waals surface area contributed by atoms with Gasteiger partial charge in [0, 0.05) is 10.5 Å². The van der Waals surface area contributed by atoms with Gasteiger partial charge in [-0.05, 0) is 42.7 Å². The first kappa shape index (κ1) is 23.9. The summed E-state index contributed by atoms with van der Waals surface area (Å²) in [4.78, 5) is 14.6. The maximum absolute atomic E-state index is 12.8. The zero-order chi connectivity index (χ0) is 20.3. The molecule has 0 saturated heterocycles. The van der Waals surface area contributed by atoms with Gasteiger partial charge in [-0.2, -0.15) is 0 Å². The van der Waals surface area contributed by atoms with Gasteiger partial charge in [-0.3, -0.25) is 4.57 Å². The van der Waals surface area contributed by atoms with Gasteiger partial charge in [-0.15, -0.1) is 0 Å². The van der Waals surface area contributed by atoms with Crippen LogP contribution < -0.4 is 39.2 Å². The molecule has 1 aliphatic carbocycles. The van der Waals surface area contributed by atoms with E-state index in [2.05, 4.69) is 0 Å². The molecule has 1 heterocycles. The van der Waals surface area contributed by atoms with E-state index < -0.39 is 7.82 Å². The van der Waals surface area contributed by atoms with Crippen LogP contribution in [0.25, 0.3) is 11.8 Å². The summed E-state index contributed by atoms with van der Waals surface area (Å²) in [6.07, 6.45) is 7.16. The first-order chi connectivity index (χ1) is 14.1. The fourth-order valence-corrected chi connectivity index (χ4v) is 5.90. The van der Waals surface area contributed by atoms with Gasteiger partial charge in [-0.25, -0.2) is 0 Å². The molecule has 2 aromatic carbocycles. The number of benzene rings is 2. The fraction of sp³-hybridized carbons (Fsp3) is 0.364. The Kier molecular flexibility index (Phi) is 8.56. The number of methoxy groups -OCH3 is 1. The van der Waals surface area contributed by atoms with E-state index in [1.807, 2.05) is 42.5 Å². The molecule has 0 N–H and O–H groups in total. The molecule has 2 aromatic rings. The second-order valence-corrected chi connectivity index (χ2v) is 9.58. The van der Waals surface area contributed by atoms with Crippen molar-refractivity contribution in [3.8, 4) is 5.75 Å². The van der Waals surface area contributed by atoms with Crippen molar-refractivity contribution < 1.29 is 52.8 Å². The van der Waals surface area contributed by atoms with Crippen LogP contribution >= 0.6 is 19.6 Å². The largest absolute Gasteiger partial charge is 1.00 e. The Labute approximate surface area is 204 Å². The number of hydrogen-bond acceptors (Lipinski definition) is 6. The average Bonchev–Trinajstić information content (AvgIpc) is 3.04. The molecule has 0 radical (unpaired) electrons. The predicted molar refractivity (Wildman–Crippen MR) is 113 cm³/mol. The van der Waals surface area contributed by atoms with Crippen LogP contribution in [0.5, 0.6) is 5.75 Å². The van der Waals surface area contributed by atoms with Gasteiger partial charge in [0.05, 0.1) is 18.1 Å². The monoisotopic (exact) mass is 454 g/mol. The first-order valence-electron chi connectivity index (χ1n) is 9.91. The second kappa shape index (κ2) is 10.7. The zero-order valence-electron chi connectivity index (χ0n) is 17.3. The van der Waals surface area contributed by atoms with Crippen LogP contribution in [-0.2, 0) is 13.6 Å². The summed E-state index contributed by atoms with van der Waals surface area (Å²) in [6.45, 7) is 0. The van der Waals surface area contributed by atoms with E-state index >= 15 is 0 Å². The predicted octanol–water partition coefficient (Wildman–Crippen LogP) is 2.89. The SMILES string of the molecule is COc1cccc2c1Sc1ccccc1C=C2OP(=O)([O-])OC1CCCCCC1.[Na+]. The third kappa shape index (κ3) is 5.74. The molecule has 1 atom stereocenters. The van der Waals surface area contributed by atoms with Crippen LogP contribution in [-0.4, -0.2) is 13.2 Å². The molecule has 154 valence electrons. The number of fused-ring (bicyclic) bond motifs is 2. The summed E-state index contributed by atoms with van der Waals surface area (Å²) in [5.74, 6) is 0.924. The molecule has 30 heavy (non-hydrogen) atoms. The van der Waals surface area contributed by atoms with Crippen LogP contribution in [0.15, 0.2) is 52.3 Å². The van der Waals surface area contributed by atoms with Crippen LogP contribution in [0.4, 0.5) is 0 Å². The number of ether oxygens (including phenoxy) is 1. The van der Waals surface area contributed by atoms with Gasteiger partial charge in [0.2, 0.25) is 0 Å². The topological polar surface area (TPSA) is 67.8 Å². The van der Waals surface area contributed by atoms with E-state index in [4.69, 9.17) is 13.8 Å². The first-order valence-corrected chi connectivity index (χ1v) is 12.2. The molecule has 1 aliphatic heterocycles. The third-order valence-electron chi connectivity index (χ3n) is 5.17. The van der Waals surface area contributed by atoms with Gasteiger partial charge < -0.3 is 18.7 Å². The summed E-state index contributed by atoms with van der Waals surface area (Å²) in [5, 5.41) is 0. The quantitative estimate of drug-likeness (QED) is 0.393. The second-order valence-electron chi connectivity index (χ2n) is 7.24. The standard InChI is InChI=1S/C22H25O5PS.Na/c1-25-19-13-8-12-18-20(15-16-9-6-7-14-21(16)29-22(18)19)27-28(23,24)26-17-10-4-2-3-5-11-17;/h6-9,12-15,17H,2-5,10-11H2,1H3,(H,23,24);/q;+1/p-1. The van der Waals surface area contributed by atoms with Crippen molar-refractivity contribution in [2.75, 3.05) is 7.11 Å². The number of hydrogen-bond donors (Lipinski definition) is 0. The summed E-state index contributed by atoms with van der Waals surface area (Å²) < 4.78 is 29.3. The van der Waals surface area contributed by atoms with E-state index in [-0.39, 0.29) is 41.4 Å². The molecule has 8 heteroatoms. The van der Waals surface area contributed by atoms with Gasteiger partial charge in [0.25, 0.3) is 0 Å². The minimum Gasteiger partial charge on any atom is -0.746 e.